The van der Waals surface area contributed by atoms with E-state index in [-0.39, 0.29) is 11.8 Å². The van der Waals surface area contributed by atoms with Gasteiger partial charge in [-0.25, -0.2) is 0 Å². The maximum absolute atomic E-state index is 10.9. The second-order valence-corrected chi connectivity index (χ2v) is 9.70. The summed E-state index contributed by atoms with van der Waals surface area (Å²) in [7, 11) is 0. The Morgan fingerprint density at radius 2 is 1.53 bits per heavy atom. The van der Waals surface area contributed by atoms with Gasteiger partial charge in [0.05, 0.1) is 17.7 Å². The van der Waals surface area contributed by atoms with Crippen molar-refractivity contribution in [1.82, 2.24) is 4.98 Å². The minimum atomic E-state index is -0.855. The first kappa shape index (κ1) is 27.3. The molecule has 0 aliphatic rings. The van der Waals surface area contributed by atoms with Crippen LogP contribution in [0, 0.1) is 6.92 Å². The molecule has 3 rings (SSSR count). The van der Waals surface area contributed by atoms with Gasteiger partial charge in [-0.3, -0.25) is 9.78 Å². The normalized spacial score (nSPS) is 12.3. The van der Waals surface area contributed by atoms with Crippen molar-refractivity contribution in [3.8, 4) is 11.3 Å². The molecule has 1 heterocycles. The van der Waals surface area contributed by atoms with Crippen LogP contribution in [0.25, 0.3) is 17.3 Å². The first-order valence-electron chi connectivity index (χ1n) is 13.0. The number of hydrogen-bond acceptors (Lipinski definition) is 3. The van der Waals surface area contributed by atoms with Gasteiger partial charge in [0.2, 0.25) is 0 Å². The maximum Gasteiger partial charge on any atom is 0.307 e. The number of aliphatic hydroxyl groups is 1. The predicted molar refractivity (Wildman–Crippen MR) is 148 cm³/mol. The number of benzene rings is 2. The third-order valence-corrected chi connectivity index (χ3v) is 7.74. The van der Waals surface area contributed by atoms with Gasteiger partial charge in [0.1, 0.15) is 0 Å². The lowest BCUT2D eigenvalue weighted by Gasteiger charge is -2.34. The SMILES string of the molecule is CCC(O)(/C=C/c1ccc(C(CC)(CC)c2ccc(-c3ccc(CC(=O)O)cn3)cc2)cc1C)CC. The summed E-state index contributed by atoms with van der Waals surface area (Å²) in [6, 6.07) is 19.0. The van der Waals surface area contributed by atoms with E-state index in [4.69, 9.17) is 5.11 Å². The number of carboxylic acid groups (broad SMARTS) is 1. The number of nitrogens with zero attached hydrogens (tertiary/aromatic N) is 1. The molecule has 0 saturated heterocycles. The van der Waals surface area contributed by atoms with Crippen LogP contribution in [-0.2, 0) is 16.6 Å². The zero-order valence-corrected chi connectivity index (χ0v) is 22.2. The second kappa shape index (κ2) is 11.7. The van der Waals surface area contributed by atoms with Gasteiger partial charge in [0, 0.05) is 17.2 Å². The molecule has 3 aromatic rings. The molecule has 2 N–H and O–H groups in total. The molecule has 0 unspecified atom stereocenters. The van der Waals surface area contributed by atoms with E-state index in [2.05, 4.69) is 74.3 Å². The molecule has 0 saturated carbocycles. The Hall–Kier alpha value is -3.24. The summed E-state index contributed by atoms with van der Waals surface area (Å²) in [4.78, 5) is 15.4. The van der Waals surface area contributed by atoms with Crippen LogP contribution in [0.15, 0.2) is 66.9 Å². The van der Waals surface area contributed by atoms with Crippen molar-refractivity contribution in [2.75, 3.05) is 0 Å². The number of aromatic nitrogens is 1. The first-order valence-corrected chi connectivity index (χ1v) is 13.0. The summed E-state index contributed by atoms with van der Waals surface area (Å²) in [5.74, 6) is -0.855. The molecule has 4 nitrogen and oxygen atoms in total. The molecule has 0 amide bonds. The number of aliphatic carboxylic acids is 1. The van der Waals surface area contributed by atoms with Crippen LogP contribution in [0.2, 0.25) is 0 Å². The summed E-state index contributed by atoms with van der Waals surface area (Å²) in [6.45, 7) is 10.6. The van der Waals surface area contributed by atoms with Crippen molar-refractivity contribution in [2.45, 2.75) is 77.7 Å². The van der Waals surface area contributed by atoms with Crippen LogP contribution in [0.4, 0.5) is 0 Å². The first-order chi connectivity index (χ1) is 17.2. The molecule has 190 valence electrons. The number of carboxylic acids is 1. The Morgan fingerprint density at radius 1 is 0.889 bits per heavy atom. The van der Waals surface area contributed by atoms with Crippen LogP contribution in [0.1, 0.15) is 81.2 Å². The molecular formula is C32H39NO3. The zero-order chi connectivity index (χ0) is 26.3. The lowest BCUT2D eigenvalue weighted by molar-refractivity contribution is -0.136. The topological polar surface area (TPSA) is 70.4 Å². The minimum absolute atomic E-state index is 0.0200. The zero-order valence-electron chi connectivity index (χ0n) is 22.2. The summed E-state index contributed by atoms with van der Waals surface area (Å²) in [5, 5.41) is 19.6. The largest absolute Gasteiger partial charge is 0.481 e. The molecule has 2 aromatic carbocycles. The number of carbonyl (C=O) groups is 1. The maximum atomic E-state index is 10.9. The summed E-state index contributed by atoms with van der Waals surface area (Å²) in [5.41, 5.74) is 6.59. The Balaban J connectivity index is 1.91. The molecular weight excluding hydrogens is 446 g/mol. The molecule has 0 aliphatic carbocycles. The van der Waals surface area contributed by atoms with E-state index in [1.54, 1.807) is 6.20 Å². The smallest absolute Gasteiger partial charge is 0.307 e. The summed E-state index contributed by atoms with van der Waals surface area (Å²) in [6.07, 6.45) is 8.95. The molecule has 1 aromatic heterocycles. The molecule has 0 atom stereocenters. The molecule has 0 fully saturated rings. The number of pyridine rings is 1. The van der Waals surface area contributed by atoms with Crippen LogP contribution in [0.3, 0.4) is 0 Å². The van der Waals surface area contributed by atoms with Gasteiger partial charge in [-0.15, -0.1) is 0 Å². The van der Waals surface area contributed by atoms with Crippen LogP contribution in [-0.4, -0.2) is 26.8 Å². The fourth-order valence-electron chi connectivity index (χ4n) is 4.96. The van der Waals surface area contributed by atoms with Crippen LogP contribution >= 0.6 is 0 Å². The van der Waals surface area contributed by atoms with E-state index in [1.807, 2.05) is 32.1 Å². The highest BCUT2D eigenvalue weighted by atomic mass is 16.4. The number of aryl methyl sites for hydroxylation is 1. The Labute approximate surface area is 215 Å². The number of rotatable bonds is 11. The van der Waals surface area contributed by atoms with Gasteiger partial charge < -0.3 is 10.2 Å². The molecule has 0 spiro atoms. The van der Waals surface area contributed by atoms with E-state index in [9.17, 15) is 9.90 Å². The monoisotopic (exact) mass is 485 g/mol. The summed E-state index contributed by atoms with van der Waals surface area (Å²) >= 11 is 0. The average molecular weight is 486 g/mol. The molecule has 0 aliphatic heterocycles. The molecule has 4 heteroatoms. The van der Waals surface area contributed by atoms with Gasteiger partial charge >= 0.3 is 5.97 Å². The minimum Gasteiger partial charge on any atom is -0.481 e. The van der Waals surface area contributed by atoms with E-state index in [0.717, 1.165) is 29.7 Å². The van der Waals surface area contributed by atoms with Crippen molar-refractivity contribution in [2.24, 2.45) is 0 Å². The Kier molecular flexibility index (Phi) is 8.86. The van der Waals surface area contributed by atoms with E-state index in [1.165, 1.54) is 16.7 Å². The lowest BCUT2D eigenvalue weighted by Crippen LogP contribution is -2.26. The highest BCUT2D eigenvalue weighted by molar-refractivity contribution is 5.70. The van der Waals surface area contributed by atoms with E-state index >= 15 is 0 Å². The van der Waals surface area contributed by atoms with Gasteiger partial charge in [-0.05, 0) is 66.5 Å². The van der Waals surface area contributed by atoms with Gasteiger partial charge in [-0.2, -0.15) is 0 Å². The van der Waals surface area contributed by atoms with Crippen molar-refractivity contribution >= 4 is 12.0 Å². The predicted octanol–water partition coefficient (Wildman–Crippen LogP) is 7.35. The molecule has 0 radical (unpaired) electrons. The Morgan fingerprint density at radius 3 is 2.03 bits per heavy atom. The Bertz CT molecular complexity index is 1190. The fourth-order valence-corrected chi connectivity index (χ4v) is 4.96. The highest BCUT2D eigenvalue weighted by Gasteiger charge is 2.31. The van der Waals surface area contributed by atoms with E-state index in [0.29, 0.717) is 18.4 Å². The van der Waals surface area contributed by atoms with Gasteiger partial charge in [-0.1, -0.05) is 88.4 Å². The van der Waals surface area contributed by atoms with Gasteiger partial charge in [0.15, 0.2) is 0 Å². The van der Waals surface area contributed by atoms with Crippen LogP contribution in [0.5, 0.6) is 0 Å². The molecule has 0 bridgehead atoms. The van der Waals surface area contributed by atoms with Crippen molar-refractivity contribution in [3.63, 3.8) is 0 Å². The van der Waals surface area contributed by atoms with E-state index < -0.39 is 11.6 Å². The number of hydrogen-bond donors (Lipinski definition) is 2. The lowest BCUT2D eigenvalue weighted by atomic mass is 9.70. The fraction of sp³-hybridized carbons (Fsp3) is 0.375. The standard InChI is InChI=1S/C32H39NO3/c1-6-31(36,7-2)19-18-25-11-16-28(20-23(25)5)32(8-3,9-4)27-14-12-26(13-15-27)29-17-10-24(22-33-29)21-30(34)35/h10-20,22,36H,6-9,21H2,1-5H3,(H,34,35)/b19-18+. The van der Waals surface area contributed by atoms with Crippen molar-refractivity contribution in [1.29, 1.82) is 0 Å². The highest BCUT2D eigenvalue weighted by Crippen LogP contribution is 2.40. The van der Waals surface area contributed by atoms with Gasteiger partial charge in [0.25, 0.3) is 0 Å². The van der Waals surface area contributed by atoms with Crippen molar-refractivity contribution in [3.05, 3.63) is 94.7 Å². The van der Waals surface area contributed by atoms with Crippen molar-refractivity contribution < 1.29 is 15.0 Å². The third kappa shape index (κ3) is 5.93. The second-order valence-electron chi connectivity index (χ2n) is 9.70. The molecule has 36 heavy (non-hydrogen) atoms. The quantitative estimate of drug-likeness (QED) is 0.298. The average Bonchev–Trinajstić information content (AvgIpc) is 2.89. The van der Waals surface area contributed by atoms with Crippen LogP contribution < -0.4 is 0 Å². The third-order valence-electron chi connectivity index (χ3n) is 7.74. The summed E-state index contributed by atoms with van der Waals surface area (Å²) < 4.78 is 0.